The van der Waals surface area contributed by atoms with E-state index in [1.807, 2.05) is 12.3 Å². The maximum Gasteiger partial charge on any atom is 0.0622 e. The van der Waals surface area contributed by atoms with Crippen LogP contribution in [0.3, 0.4) is 0 Å². The molecule has 1 aromatic rings. The Labute approximate surface area is 78.6 Å². The molecule has 0 aliphatic carbocycles. The highest BCUT2D eigenvalue weighted by atomic mass is 15.1. The second-order valence-corrected chi connectivity index (χ2v) is 3.47. The second-order valence-electron chi connectivity index (χ2n) is 3.47. The van der Waals surface area contributed by atoms with Crippen LogP contribution < -0.4 is 10.6 Å². The first kappa shape index (κ1) is 8.66. The number of hydrogen-bond donors (Lipinski definition) is 2. The van der Waals surface area contributed by atoms with Gasteiger partial charge in [0, 0.05) is 25.8 Å². The maximum absolute atomic E-state index is 4.36. The summed E-state index contributed by atoms with van der Waals surface area (Å²) in [6.07, 6.45) is 1.88. The number of aryl methyl sites for hydroxylation is 1. The SMILES string of the molecule is Cc1ccnc([C@H]2CNCCN2)c1. The van der Waals surface area contributed by atoms with Gasteiger partial charge in [0.05, 0.1) is 11.7 Å². The fourth-order valence-corrected chi connectivity index (χ4v) is 1.61. The minimum Gasteiger partial charge on any atom is -0.314 e. The lowest BCUT2D eigenvalue weighted by Crippen LogP contribution is -2.42. The molecule has 1 aliphatic rings. The maximum atomic E-state index is 4.36. The predicted molar refractivity (Wildman–Crippen MR) is 52.6 cm³/mol. The number of pyridine rings is 1. The van der Waals surface area contributed by atoms with Crippen molar-refractivity contribution in [1.29, 1.82) is 0 Å². The van der Waals surface area contributed by atoms with Crippen LogP contribution in [0.15, 0.2) is 18.3 Å². The first-order chi connectivity index (χ1) is 6.36. The summed E-state index contributed by atoms with van der Waals surface area (Å²) in [5.74, 6) is 0. The number of aromatic nitrogens is 1. The molecular formula is C10H15N3. The van der Waals surface area contributed by atoms with Crippen molar-refractivity contribution < 1.29 is 0 Å². The molecule has 1 aromatic heterocycles. The zero-order chi connectivity index (χ0) is 9.10. The van der Waals surface area contributed by atoms with Crippen molar-refractivity contribution >= 4 is 0 Å². The van der Waals surface area contributed by atoms with E-state index < -0.39 is 0 Å². The van der Waals surface area contributed by atoms with Crippen molar-refractivity contribution in [1.82, 2.24) is 15.6 Å². The van der Waals surface area contributed by atoms with Crippen molar-refractivity contribution in [3.8, 4) is 0 Å². The quantitative estimate of drug-likeness (QED) is 0.660. The van der Waals surface area contributed by atoms with Gasteiger partial charge in [-0.05, 0) is 24.6 Å². The zero-order valence-corrected chi connectivity index (χ0v) is 7.88. The Bertz CT molecular complexity index is 279. The van der Waals surface area contributed by atoms with Gasteiger partial charge in [0.1, 0.15) is 0 Å². The van der Waals surface area contributed by atoms with Crippen molar-refractivity contribution in [3.05, 3.63) is 29.6 Å². The normalized spacial score (nSPS) is 23.0. The van der Waals surface area contributed by atoms with Crippen molar-refractivity contribution in [2.24, 2.45) is 0 Å². The predicted octanol–water partition coefficient (Wildman–Crippen LogP) is 0.624. The Morgan fingerprint density at radius 3 is 3.08 bits per heavy atom. The number of nitrogens with one attached hydrogen (secondary N) is 2. The summed E-state index contributed by atoms with van der Waals surface area (Å²) in [4.78, 5) is 4.36. The third-order valence-electron chi connectivity index (χ3n) is 2.33. The highest BCUT2D eigenvalue weighted by Gasteiger charge is 2.14. The van der Waals surface area contributed by atoms with E-state index in [1.165, 1.54) is 5.56 Å². The molecule has 1 saturated heterocycles. The van der Waals surface area contributed by atoms with Crippen LogP contribution in [-0.4, -0.2) is 24.6 Å². The van der Waals surface area contributed by atoms with Crippen molar-refractivity contribution in [3.63, 3.8) is 0 Å². The molecule has 0 radical (unpaired) electrons. The van der Waals surface area contributed by atoms with Crippen LogP contribution in [0.1, 0.15) is 17.3 Å². The van der Waals surface area contributed by atoms with Crippen LogP contribution in [0, 0.1) is 6.92 Å². The number of nitrogens with zero attached hydrogens (tertiary/aromatic N) is 1. The van der Waals surface area contributed by atoms with Crippen LogP contribution in [0.2, 0.25) is 0 Å². The second kappa shape index (κ2) is 3.85. The molecule has 13 heavy (non-hydrogen) atoms. The monoisotopic (exact) mass is 177 g/mol. The molecule has 3 heteroatoms. The van der Waals surface area contributed by atoms with Gasteiger partial charge in [-0.25, -0.2) is 0 Å². The fraction of sp³-hybridized carbons (Fsp3) is 0.500. The van der Waals surface area contributed by atoms with E-state index in [4.69, 9.17) is 0 Å². The van der Waals surface area contributed by atoms with Crippen LogP contribution in [0.4, 0.5) is 0 Å². The minimum atomic E-state index is 0.383. The van der Waals surface area contributed by atoms with E-state index >= 15 is 0 Å². The summed E-state index contributed by atoms with van der Waals surface area (Å²) in [7, 11) is 0. The van der Waals surface area contributed by atoms with E-state index in [2.05, 4.69) is 28.6 Å². The largest absolute Gasteiger partial charge is 0.314 e. The van der Waals surface area contributed by atoms with Gasteiger partial charge in [-0.2, -0.15) is 0 Å². The summed E-state index contributed by atoms with van der Waals surface area (Å²) in [6, 6.07) is 4.55. The lowest BCUT2D eigenvalue weighted by molar-refractivity contribution is 0.423. The third kappa shape index (κ3) is 2.05. The molecule has 0 saturated carbocycles. The van der Waals surface area contributed by atoms with E-state index in [0.29, 0.717) is 6.04 Å². The molecule has 0 amide bonds. The molecule has 0 spiro atoms. The lowest BCUT2D eigenvalue weighted by Gasteiger charge is -2.24. The molecule has 2 rings (SSSR count). The molecule has 2 N–H and O–H groups in total. The summed E-state index contributed by atoms with van der Waals surface area (Å²) in [5, 5.41) is 6.79. The molecule has 70 valence electrons. The summed E-state index contributed by atoms with van der Waals surface area (Å²) in [5.41, 5.74) is 2.42. The standard InChI is InChI=1S/C10H15N3/c1-8-2-3-12-9(6-8)10-7-11-4-5-13-10/h2-3,6,10-11,13H,4-5,7H2,1H3/t10-/m1/s1. The minimum absolute atomic E-state index is 0.383. The van der Waals surface area contributed by atoms with Crippen LogP contribution in [0.5, 0.6) is 0 Å². The topological polar surface area (TPSA) is 37.0 Å². The average Bonchev–Trinajstić information content (AvgIpc) is 2.19. The van der Waals surface area contributed by atoms with E-state index in [1.54, 1.807) is 0 Å². The van der Waals surface area contributed by atoms with Gasteiger partial charge in [-0.3, -0.25) is 4.98 Å². The lowest BCUT2D eigenvalue weighted by atomic mass is 10.1. The third-order valence-corrected chi connectivity index (χ3v) is 2.33. The highest BCUT2D eigenvalue weighted by molar-refractivity contribution is 5.17. The highest BCUT2D eigenvalue weighted by Crippen LogP contribution is 2.11. The van der Waals surface area contributed by atoms with Gasteiger partial charge in [0.25, 0.3) is 0 Å². The molecule has 0 aromatic carbocycles. The summed E-state index contributed by atoms with van der Waals surface area (Å²) in [6.45, 7) is 5.17. The first-order valence-electron chi connectivity index (χ1n) is 4.73. The van der Waals surface area contributed by atoms with Crippen LogP contribution in [-0.2, 0) is 0 Å². The fourth-order valence-electron chi connectivity index (χ4n) is 1.61. The van der Waals surface area contributed by atoms with Crippen molar-refractivity contribution in [2.75, 3.05) is 19.6 Å². The molecule has 3 nitrogen and oxygen atoms in total. The van der Waals surface area contributed by atoms with Gasteiger partial charge < -0.3 is 10.6 Å². The Hall–Kier alpha value is -0.930. The van der Waals surface area contributed by atoms with Gasteiger partial charge in [0.2, 0.25) is 0 Å². The van der Waals surface area contributed by atoms with Gasteiger partial charge >= 0.3 is 0 Å². The van der Waals surface area contributed by atoms with E-state index in [-0.39, 0.29) is 0 Å². The number of hydrogen-bond acceptors (Lipinski definition) is 3. The smallest absolute Gasteiger partial charge is 0.0622 e. The van der Waals surface area contributed by atoms with E-state index in [0.717, 1.165) is 25.3 Å². The number of rotatable bonds is 1. The summed E-state index contributed by atoms with van der Waals surface area (Å²) >= 11 is 0. The molecule has 2 heterocycles. The Morgan fingerprint density at radius 2 is 2.38 bits per heavy atom. The zero-order valence-electron chi connectivity index (χ0n) is 7.88. The molecule has 0 unspecified atom stereocenters. The molecule has 1 fully saturated rings. The summed E-state index contributed by atoms with van der Waals surface area (Å²) < 4.78 is 0. The first-order valence-corrected chi connectivity index (χ1v) is 4.73. The average molecular weight is 177 g/mol. The molecule has 1 atom stereocenters. The Morgan fingerprint density at radius 1 is 1.46 bits per heavy atom. The van der Waals surface area contributed by atoms with Crippen molar-refractivity contribution in [2.45, 2.75) is 13.0 Å². The number of piperazine rings is 1. The van der Waals surface area contributed by atoms with E-state index in [9.17, 15) is 0 Å². The Kier molecular flexibility index (Phi) is 2.57. The van der Waals surface area contributed by atoms with Gasteiger partial charge in [0.15, 0.2) is 0 Å². The Balaban J connectivity index is 2.14. The van der Waals surface area contributed by atoms with Crippen LogP contribution in [0.25, 0.3) is 0 Å². The molecule has 0 bridgehead atoms. The van der Waals surface area contributed by atoms with Crippen LogP contribution >= 0.6 is 0 Å². The van der Waals surface area contributed by atoms with Gasteiger partial charge in [-0.1, -0.05) is 0 Å². The van der Waals surface area contributed by atoms with Gasteiger partial charge in [-0.15, -0.1) is 0 Å². The molecule has 1 aliphatic heterocycles. The molecular weight excluding hydrogens is 162 g/mol.